The molecule has 0 fully saturated rings. The molecule has 4 nitrogen and oxygen atoms in total. The maximum Gasteiger partial charge on any atom is 0.226 e. The predicted octanol–water partition coefficient (Wildman–Crippen LogP) is 3.12. The zero-order valence-electron chi connectivity index (χ0n) is 10.5. The normalized spacial score (nSPS) is 12.1. The van der Waals surface area contributed by atoms with E-state index in [1.54, 1.807) is 13.0 Å². The van der Waals surface area contributed by atoms with Gasteiger partial charge in [0.2, 0.25) is 5.91 Å². The highest BCUT2D eigenvalue weighted by Crippen LogP contribution is 2.19. The zero-order chi connectivity index (χ0) is 13.0. The van der Waals surface area contributed by atoms with Crippen molar-refractivity contribution in [2.75, 3.05) is 5.32 Å². The Morgan fingerprint density at radius 1 is 1.39 bits per heavy atom. The SMILES string of the molecule is Cc1cc(NC(=O)C[C@H](C)c2ccccc2)no1. The van der Waals surface area contributed by atoms with Gasteiger partial charge in [-0.05, 0) is 18.4 Å². The summed E-state index contributed by atoms with van der Waals surface area (Å²) in [5, 5.41) is 6.45. The van der Waals surface area contributed by atoms with Crippen molar-refractivity contribution in [1.29, 1.82) is 0 Å². The van der Waals surface area contributed by atoms with E-state index < -0.39 is 0 Å². The highest BCUT2D eigenvalue weighted by Gasteiger charge is 2.12. The van der Waals surface area contributed by atoms with Crippen LogP contribution in [-0.4, -0.2) is 11.1 Å². The molecule has 2 rings (SSSR count). The summed E-state index contributed by atoms with van der Waals surface area (Å²) in [6, 6.07) is 11.7. The second-order valence-corrected chi connectivity index (χ2v) is 4.39. The van der Waals surface area contributed by atoms with Crippen molar-refractivity contribution in [3.8, 4) is 0 Å². The fraction of sp³-hybridized carbons (Fsp3) is 0.286. The summed E-state index contributed by atoms with van der Waals surface area (Å²) in [6.45, 7) is 3.82. The van der Waals surface area contributed by atoms with Crippen LogP contribution >= 0.6 is 0 Å². The van der Waals surface area contributed by atoms with Gasteiger partial charge in [0.05, 0.1) is 0 Å². The summed E-state index contributed by atoms with van der Waals surface area (Å²) in [5.41, 5.74) is 1.16. The Bertz CT molecular complexity index is 520. The first-order valence-electron chi connectivity index (χ1n) is 5.93. The standard InChI is InChI=1S/C14H16N2O2/c1-10(12-6-4-3-5-7-12)8-14(17)15-13-9-11(2)18-16-13/h3-7,9-10H,8H2,1-2H3,(H,15,16,17)/t10-/m0/s1. The Morgan fingerprint density at radius 2 is 2.11 bits per heavy atom. The lowest BCUT2D eigenvalue weighted by Crippen LogP contribution is -2.14. The number of carbonyl (C=O) groups is 1. The molecule has 0 aliphatic heterocycles. The van der Waals surface area contributed by atoms with Gasteiger partial charge in [-0.25, -0.2) is 0 Å². The van der Waals surface area contributed by atoms with Crippen LogP contribution in [0.5, 0.6) is 0 Å². The molecular weight excluding hydrogens is 228 g/mol. The molecule has 94 valence electrons. The molecule has 18 heavy (non-hydrogen) atoms. The zero-order valence-corrected chi connectivity index (χ0v) is 10.5. The molecule has 0 saturated heterocycles. The molecule has 0 bridgehead atoms. The summed E-state index contributed by atoms with van der Waals surface area (Å²) < 4.78 is 4.89. The smallest absolute Gasteiger partial charge is 0.226 e. The van der Waals surface area contributed by atoms with Crippen molar-refractivity contribution in [3.63, 3.8) is 0 Å². The number of hydrogen-bond donors (Lipinski definition) is 1. The van der Waals surface area contributed by atoms with E-state index in [2.05, 4.69) is 10.5 Å². The van der Waals surface area contributed by atoms with Crippen molar-refractivity contribution in [2.24, 2.45) is 0 Å². The van der Waals surface area contributed by atoms with Gasteiger partial charge in [0.1, 0.15) is 5.76 Å². The van der Waals surface area contributed by atoms with Gasteiger partial charge < -0.3 is 9.84 Å². The van der Waals surface area contributed by atoms with Gasteiger partial charge in [0.15, 0.2) is 5.82 Å². The summed E-state index contributed by atoms with van der Waals surface area (Å²) in [7, 11) is 0. The Morgan fingerprint density at radius 3 is 2.72 bits per heavy atom. The fourth-order valence-electron chi connectivity index (χ4n) is 1.80. The van der Waals surface area contributed by atoms with Crippen molar-refractivity contribution in [1.82, 2.24) is 5.16 Å². The lowest BCUT2D eigenvalue weighted by molar-refractivity contribution is -0.116. The maximum absolute atomic E-state index is 11.8. The van der Waals surface area contributed by atoms with Gasteiger partial charge in [-0.15, -0.1) is 0 Å². The van der Waals surface area contributed by atoms with Crippen LogP contribution in [0.15, 0.2) is 40.9 Å². The van der Waals surface area contributed by atoms with Crippen LogP contribution in [0.4, 0.5) is 5.82 Å². The average molecular weight is 244 g/mol. The van der Waals surface area contributed by atoms with Gasteiger partial charge in [0.25, 0.3) is 0 Å². The van der Waals surface area contributed by atoms with Crippen molar-refractivity contribution >= 4 is 11.7 Å². The van der Waals surface area contributed by atoms with Gasteiger partial charge >= 0.3 is 0 Å². The van der Waals surface area contributed by atoms with Crippen LogP contribution in [0, 0.1) is 6.92 Å². The largest absolute Gasteiger partial charge is 0.360 e. The summed E-state index contributed by atoms with van der Waals surface area (Å²) >= 11 is 0. The molecule has 0 saturated carbocycles. The predicted molar refractivity (Wildman–Crippen MR) is 69.3 cm³/mol. The monoisotopic (exact) mass is 244 g/mol. The van der Waals surface area contributed by atoms with Crippen molar-refractivity contribution < 1.29 is 9.32 Å². The van der Waals surface area contributed by atoms with E-state index in [4.69, 9.17) is 4.52 Å². The van der Waals surface area contributed by atoms with Crippen molar-refractivity contribution in [3.05, 3.63) is 47.7 Å². The number of benzene rings is 1. The Kier molecular flexibility index (Phi) is 3.77. The lowest BCUT2D eigenvalue weighted by atomic mass is 9.98. The third-order valence-electron chi connectivity index (χ3n) is 2.76. The number of rotatable bonds is 4. The summed E-state index contributed by atoms with van der Waals surface area (Å²) in [5.74, 6) is 1.28. The number of anilines is 1. The first-order valence-corrected chi connectivity index (χ1v) is 5.93. The highest BCUT2D eigenvalue weighted by molar-refractivity contribution is 5.90. The molecule has 1 aromatic heterocycles. The van der Waals surface area contributed by atoms with Crippen LogP contribution in [0.25, 0.3) is 0 Å². The number of nitrogens with zero attached hydrogens (tertiary/aromatic N) is 1. The van der Waals surface area contributed by atoms with Gasteiger partial charge in [-0.3, -0.25) is 4.79 Å². The number of aromatic nitrogens is 1. The third kappa shape index (κ3) is 3.20. The van der Waals surface area contributed by atoms with Crippen LogP contribution in [0.1, 0.15) is 30.6 Å². The molecule has 0 radical (unpaired) electrons. The Hall–Kier alpha value is -2.10. The van der Waals surface area contributed by atoms with E-state index in [0.717, 1.165) is 5.56 Å². The van der Waals surface area contributed by atoms with Crippen LogP contribution < -0.4 is 5.32 Å². The second kappa shape index (κ2) is 5.49. The van der Waals surface area contributed by atoms with Crippen LogP contribution in [-0.2, 0) is 4.79 Å². The van der Waals surface area contributed by atoms with E-state index >= 15 is 0 Å². The van der Waals surface area contributed by atoms with Crippen molar-refractivity contribution in [2.45, 2.75) is 26.2 Å². The minimum atomic E-state index is -0.0559. The fourth-order valence-corrected chi connectivity index (χ4v) is 1.80. The van der Waals surface area contributed by atoms with E-state index in [-0.39, 0.29) is 11.8 Å². The molecule has 0 aliphatic carbocycles. The average Bonchev–Trinajstić information content (AvgIpc) is 2.75. The Labute approximate surface area is 106 Å². The maximum atomic E-state index is 11.8. The quantitative estimate of drug-likeness (QED) is 0.899. The summed E-state index contributed by atoms with van der Waals surface area (Å²) in [4.78, 5) is 11.8. The molecule has 1 heterocycles. The van der Waals surface area contributed by atoms with Gasteiger partial charge in [-0.2, -0.15) is 0 Å². The Balaban J connectivity index is 1.92. The highest BCUT2D eigenvalue weighted by atomic mass is 16.5. The van der Waals surface area contributed by atoms with Gasteiger partial charge in [-0.1, -0.05) is 42.4 Å². The first kappa shape index (κ1) is 12.4. The second-order valence-electron chi connectivity index (χ2n) is 4.39. The number of amides is 1. The molecular formula is C14H16N2O2. The molecule has 0 spiro atoms. The minimum absolute atomic E-state index is 0.0559. The molecule has 0 aliphatic rings. The number of nitrogens with one attached hydrogen (secondary N) is 1. The minimum Gasteiger partial charge on any atom is -0.360 e. The first-order chi connectivity index (χ1) is 8.65. The number of aryl methyl sites for hydroxylation is 1. The molecule has 1 atom stereocenters. The third-order valence-corrected chi connectivity index (χ3v) is 2.76. The molecule has 1 amide bonds. The summed E-state index contributed by atoms with van der Waals surface area (Å²) in [6.07, 6.45) is 0.427. The topological polar surface area (TPSA) is 55.1 Å². The molecule has 2 aromatic rings. The number of hydrogen-bond acceptors (Lipinski definition) is 3. The van der Waals surface area contributed by atoms with Gasteiger partial charge in [0, 0.05) is 12.5 Å². The van der Waals surface area contributed by atoms with Crippen LogP contribution in [0.2, 0.25) is 0 Å². The lowest BCUT2D eigenvalue weighted by Gasteiger charge is -2.10. The molecule has 1 aromatic carbocycles. The molecule has 4 heteroatoms. The molecule has 0 unspecified atom stereocenters. The van der Waals surface area contributed by atoms with E-state index in [0.29, 0.717) is 18.0 Å². The van der Waals surface area contributed by atoms with E-state index in [1.165, 1.54) is 0 Å². The van der Waals surface area contributed by atoms with E-state index in [1.807, 2.05) is 37.3 Å². The molecule has 1 N–H and O–H groups in total. The van der Waals surface area contributed by atoms with E-state index in [9.17, 15) is 4.79 Å². The number of carbonyl (C=O) groups excluding carboxylic acids is 1. The van der Waals surface area contributed by atoms with Crippen LogP contribution in [0.3, 0.4) is 0 Å².